The lowest BCUT2D eigenvalue weighted by Crippen LogP contribution is -2.28. The van der Waals surface area contributed by atoms with Crippen LogP contribution in [0.15, 0.2) is 22.8 Å². The molecule has 0 fully saturated rings. The van der Waals surface area contributed by atoms with Crippen molar-refractivity contribution < 1.29 is 14.3 Å². The third kappa shape index (κ3) is 3.63. The number of nitrogens with zero attached hydrogens (tertiary/aromatic N) is 1. The number of halogens is 1. The molecule has 1 aromatic rings. The van der Waals surface area contributed by atoms with Gasteiger partial charge in [-0.1, -0.05) is 0 Å². The van der Waals surface area contributed by atoms with E-state index in [2.05, 4.69) is 25.7 Å². The molecule has 0 saturated carbocycles. The zero-order valence-electron chi connectivity index (χ0n) is 9.99. The van der Waals surface area contributed by atoms with Gasteiger partial charge in [0.1, 0.15) is 5.69 Å². The molecule has 0 spiro atoms. The van der Waals surface area contributed by atoms with Crippen LogP contribution in [0.2, 0.25) is 0 Å². The molecule has 4 nitrogen and oxygen atoms in total. The van der Waals surface area contributed by atoms with Gasteiger partial charge in [0.2, 0.25) is 0 Å². The van der Waals surface area contributed by atoms with Crippen LogP contribution in [0.3, 0.4) is 0 Å². The summed E-state index contributed by atoms with van der Waals surface area (Å²) in [6.45, 7) is 3.35. The molecule has 92 valence electrons. The van der Waals surface area contributed by atoms with E-state index in [1.807, 2.05) is 0 Å². The number of esters is 1. The highest BCUT2D eigenvalue weighted by Gasteiger charge is 2.32. The van der Waals surface area contributed by atoms with Crippen LogP contribution >= 0.6 is 15.9 Å². The fraction of sp³-hybridized carbons (Fsp3) is 0.417. The average Bonchev–Trinajstić information content (AvgIpc) is 2.28. The molecule has 0 N–H and O–H groups in total. The molecule has 1 aromatic heterocycles. The third-order valence-electron chi connectivity index (χ3n) is 2.35. The van der Waals surface area contributed by atoms with E-state index in [1.54, 1.807) is 32.2 Å². The normalized spacial score (nSPS) is 11.1. The second-order valence-corrected chi connectivity index (χ2v) is 5.25. The van der Waals surface area contributed by atoms with E-state index in [1.165, 1.54) is 7.11 Å². The molecule has 0 aliphatic heterocycles. The number of ketones is 1. The lowest BCUT2D eigenvalue weighted by molar-refractivity contribution is -0.150. The van der Waals surface area contributed by atoms with Gasteiger partial charge < -0.3 is 4.74 Å². The topological polar surface area (TPSA) is 56.3 Å². The van der Waals surface area contributed by atoms with Crippen LogP contribution in [-0.2, 0) is 9.53 Å². The monoisotopic (exact) mass is 299 g/mol. The molecule has 0 aliphatic rings. The molecule has 1 heterocycles. The number of hydrogen-bond donors (Lipinski definition) is 0. The quantitative estimate of drug-likeness (QED) is 0.633. The fourth-order valence-electron chi connectivity index (χ4n) is 1.38. The van der Waals surface area contributed by atoms with Gasteiger partial charge in [-0.2, -0.15) is 0 Å². The molecule has 0 unspecified atom stereocenters. The van der Waals surface area contributed by atoms with Crippen LogP contribution in [0, 0.1) is 5.41 Å². The highest BCUT2D eigenvalue weighted by Crippen LogP contribution is 2.24. The zero-order chi connectivity index (χ0) is 13.1. The van der Waals surface area contributed by atoms with E-state index < -0.39 is 11.4 Å². The maximum absolute atomic E-state index is 11.9. The molecule has 0 aromatic carbocycles. The fourth-order valence-corrected chi connectivity index (χ4v) is 1.62. The molecule has 0 bridgehead atoms. The second-order valence-electron chi connectivity index (χ2n) is 4.34. The van der Waals surface area contributed by atoms with Crippen LogP contribution in [0.25, 0.3) is 0 Å². The maximum atomic E-state index is 11.9. The van der Waals surface area contributed by atoms with Crippen molar-refractivity contribution in [1.82, 2.24) is 4.98 Å². The summed E-state index contributed by atoms with van der Waals surface area (Å²) in [5, 5.41) is 0. The number of rotatable bonds is 4. The predicted octanol–water partition coefficient (Wildman–Crippen LogP) is 2.62. The van der Waals surface area contributed by atoms with E-state index >= 15 is 0 Å². The zero-order valence-corrected chi connectivity index (χ0v) is 11.6. The Bertz CT molecular complexity index is 426. The molecule has 0 aliphatic carbocycles. The molecule has 1 rings (SSSR count). The lowest BCUT2D eigenvalue weighted by atomic mass is 9.86. The van der Waals surface area contributed by atoms with Gasteiger partial charge in [0.05, 0.1) is 12.5 Å². The van der Waals surface area contributed by atoms with E-state index in [-0.39, 0.29) is 12.2 Å². The molecular formula is C12H14BrNO3. The number of Topliss-reactive ketones (excluding diaryl/α,β-unsaturated/α-hetero) is 1. The molecule has 0 radical (unpaired) electrons. The number of carbonyl (C=O) groups is 2. The maximum Gasteiger partial charge on any atom is 0.311 e. The van der Waals surface area contributed by atoms with E-state index in [9.17, 15) is 9.59 Å². The number of carbonyl (C=O) groups excluding carboxylic acids is 2. The van der Waals surface area contributed by atoms with Crippen molar-refractivity contribution >= 4 is 27.7 Å². The molecule has 17 heavy (non-hydrogen) atoms. The summed E-state index contributed by atoms with van der Waals surface area (Å²) in [6.07, 6.45) is 1.63. The van der Waals surface area contributed by atoms with Gasteiger partial charge in [-0.25, -0.2) is 0 Å². The van der Waals surface area contributed by atoms with Crippen molar-refractivity contribution in [2.75, 3.05) is 7.11 Å². The Labute approximate surface area is 109 Å². The molecule has 0 saturated heterocycles. The summed E-state index contributed by atoms with van der Waals surface area (Å²) in [4.78, 5) is 27.4. The average molecular weight is 300 g/mol. The Morgan fingerprint density at radius 1 is 1.41 bits per heavy atom. The third-order valence-corrected chi connectivity index (χ3v) is 2.82. The van der Waals surface area contributed by atoms with Crippen LogP contribution in [0.4, 0.5) is 0 Å². The van der Waals surface area contributed by atoms with Crippen molar-refractivity contribution in [1.29, 1.82) is 0 Å². The van der Waals surface area contributed by atoms with Crippen LogP contribution < -0.4 is 0 Å². The SMILES string of the molecule is COC(=O)C(C)(C)CC(=O)c1ccc(Br)cn1. The lowest BCUT2D eigenvalue weighted by Gasteiger charge is -2.19. The van der Waals surface area contributed by atoms with Gasteiger partial charge in [0, 0.05) is 17.1 Å². The molecular weight excluding hydrogens is 286 g/mol. The number of pyridine rings is 1. The largest absolute Gasteiger partial charge is 0.469 e. The number of hydrogen-bond acceptors (Lipinski definition) is 4. The second kappa shape index (κ2) is 5.40. The van der Waals surface area contributed by atoms with Crippen molar-refractivity contribution in [2.24, 2.45) is 5.41 Å². The number of ether oxygens (including phenoxy) is 1. The van der Waals surface area contributed by atoms with Gasteiger partial charge in [-0.05, 0) is 41.9 Å². The minimum absolute atomic E-state index is 0.0777. The summed E-state index contributed by atoms with van der Waals surface area (Å²) in [7, 11) is 1.31. The van der Waals surface area contributed by atoms with E-state index in [4.69, 9.17) is 0 Å². The Kier molecular flexibility index (Phi) is 4.40. The summed E-state index contributed by atoms with van der Waals surface area (Å²) in [5.74, 6) is -0.573. The van der Waals surface area contributed by atoms with Gasteiger partial charge in [-0.15, -0.1) is 0 Å². The standard InChI is InChI=1S/C12H14BrNO3/c1-12(2,11(16)17-3)6-10(15)9-5-4-8(13)7-14-9/h4-5,7H,6H2,1-3H3. The smallest absolute Gasteiger partial charge is 0.311 e. The summed E-state index contributed by atoms with van der Waals surface area (Å²) in [5.41, 5.74) is -0.481. The van der Waals surface area contributed by atoms with Gasteiger partial charge in [-0.3, -0.25) is 14.6 Å². The van der Waals surface area contributed by atoms with Gasteiger partial charge >= 0.3 is 5.97 Å². The first-order valence-electron chi connectivity index (χ1n) is 5.10. The molecule has 0 amide bonds. The van der Waals surface area contributed by atoms with Crippen LogP contribution in [-0.4, -0.2) is 23.8 Å². The minimum Gasteiger partial charge on any atom is -0.469 e. The van der Waals surface area contributed by atoms with E-state index in [0.717, 1.165) is 4.47 Å². The summed E-state index contributed by atoms with van der Waals surface area (Å²) in [6, 6.07) is 3.37. The highest BCUT2D eigenvalue weighted by molar-refractivity contribution is 9.10. The summed E-state index contributed by atoms with van der Waals surface area (Å²) >= 11 is 3.24. The Morgan fingerprint density at radius 2 is 2.06 bits per heavy atom. The van der Waals surface area contributed by atoms with Crippen molar-refractivity contribution in [3.63, 3.8) is 0 Å². The number of methoxy groups -OCH3 is 1. The van der Waals surface area contributed by atoms with Gasteiger partial charge in [0.25, 0.3) is 0 Å². The molecule has 5 heteroatoms. The first kappa shape index (κ1) is 13.8. The Balaban J connectivity index is 2.79. The van der Waals surface area contributed by atoms with Gasteiger partial charge in [0.15, 0.2) is 5.78 Å². The Hall–Kier alpha value is -1.23. The Morgan fingerprint density at radius 3 is 2.53 bits per heavy atom. The van der Waals surface area contributed by atoms with Crippen molar-refractivity contribution in [3.05, 3.63) is 28.5 Å². The van der Waals surface area contributed by atoms with Crippen LogP contribution in [0.1, 0.15) is 30.8 Å². The highest BCUT2D eigenvalue weighted by atomic mass is 79.9. The van der Waals surface area contributed by atoms with E-state index in [0.29, 0.717) is 5.69 Å². The summed E-state index contributed by atoms with van der Waals surface area (Å²) < 4.78 is 5.46. The minimum atomic E-state index is -0.833. The van der Waals surface area contributed by atoms with Crippen molar-refractivity contribution in [3.8, 4) is 0 Å². The first-order chi connectivity index (χ1) is 7.86. The molecule has 0 atom stereocenters. The van der Waals surface area contributed by atoms with Crippen LogP contribution in [0.5, 0.6) is 0 Å². The first-order valence-corrected chi connectivity index (χ1v) is 5.89. The van der Waals surface area contributed by atoms with Crippen molar-refractivity contribution in [2.45, 2.75) is 20.3 Å². The predicted molar refractivity (Wildman–Crippen MR) is 66.7 cm³/mol. The number of aromatic nitrogens is 1.